The number of aromatic amines is 1. The monoisotopic (exact) mass is 428 g/mol. The van der Waals surface area contributed by atoms with E-state index >= 15 is 0 Å². The molecule has 0 aliphatic carbocycles. The molecule has 1 heterocycles. The summed E-state index contributed by atoms with van der Waals surface area (Å²) in [6.45, 7) is 0.621. The van der Waals surface area contributed by atoms with Gasteiger partial charge in [0.25, 0.3) is 5.56 Å². The number of aromatic nitrogens is 2. The summed E-state index contributed by atoms with van der Waals surface area (Å²) in [5.41, 5.74) is 2.83. The molecule has 0 bridgehead atoms. The Balaban J connectivity index is 1.46. The van der Waals surface area contributed by atoms with Gasteiger partial charge in [0.2, 0.25) is 5.95 Å². The molecule has 1 aromatic heterocycles. The Morgan fingerprint density at radius 3 is 2.44 bits per heavy atom. The van der Waals surface area contributed by atoms with Gasteiger partial charge in [0, 0.05) is 30.8 Å². The third-order valence-corrected chi connectivity index (χ3v) is 5.65. The Kier molecular flexibility index (Phi) is 6.52. The van der Waals surface area contributed by atoms with Gasteiger partial charge in [0.1, 0.15) is 5.75 Å². The van der Waals surface area contributed by atoms with E-state index in [9.17, 15) is 9.90 Å². The number of benzene rings is 3. The molecule has 1 atom stereocenters. The first-order valence-electron chi connectivity index (χ1n) is 10.7. The summed E-state index contributed by atoms with van der Waals surface area (Å²) in [6, 6.07) is 23.6. The highest BCUT2D eigenvalue weighted by Crippen LogP contribution is 2.18. The van der Waals surface area contributed by atoms with Gasteiger partial charge in [-0.15, -0.1) is 0 Å². The van der Waals surface area contributed by atoms with E-state index in [-0.39, 0.29) is 17.4 Å². The van der Waals surface area contributed by atoms with Crippen molar-refractivity contribution in [3.8, 4) is 5.75 Å². The average Bonchev–Trinajstić information content (AvgIpc) is 2.77. The van der Waals surface area contributed by atoms with Crippen LogP contribution in [0.25, 0.3) is 10.8 Å². The molecule has 3 N–H and O–H groups in total. The van der Waals surface area contributed by atoms with Crippen LogP contribution >= 0.6 is 0 Å². The molecule has 164 valence electrons. The fourth-order valence-corrected chi connectivity index (χ4v) is 3.81. The Morgan fingerprint density at radius 1 is 0.969 bits per heavy atom. The quantitative estimate of drug-likeness (QED) is 0.398. The third-order valence-electron chi connectivity index (χ3n) is 5.65. The van der Waals surface area contributed by atoms with E-state index in [1.807, 2.05) is 38.4 Å². The van der Waals surface area contributed by atoms with E-state index in [1.165, 1.54) is 10.8 Å². The summed E-state index contributed by atoms with van der Waals surface area (Å²) >= 11 is 0. The highest BCUT2D eigenvalue weighted by atomic mass is 16.3. The van der Waals surface area contributed by atoms with Crippen LogP contribution in [0.4, 0.5) is 5.95 Å². The number of phenolic OH excluding ortho intramolecular Hbond substituents is 1. The Bertz CT molecular complexity index is 1250. The standard InChI is InChI=1S/C26H28N4O2/c1-30(2)23(15-18-8-11-24(31)12-9-18)17-27-26-28-22(16-25(32)29-26)14-19-7-10-20-5-3-4-6-21(20)13-19/h3-13,16,23,31H,14-15,17H2,1-2H3,(H2,27,28,29,32)/t23-/m1/s1. The van der Waals surface area contributed by atoms with Gasteiger partial charge in [-0.25, -0.2) is 0 Å². The van der Waals surface area contributed by atoms with Crippen molar-refractivity contribution in [1.82, 2.24) is 14.9 Å². The minimum absolute atomic E-state index is 0.189. The van der Waals surface area contributed by atoms with Crippen molar-refractivity contribution in [2.75, 3.05) is 26.0 Å². The first kappa shape index (κ1) is 21.6. The zero-order valence-corrected chi connectivity index (χ0v) is 18.4. The fraction of sp³-hybridized carbons (Fsp3) is 0.231. The van der Waals surface area contributed by atoms with Crippen LogP contribution < -0.4 is 10.9 Å². The van der Waals surface area contributed by atoms with Crippen molar-refractivity contribution >= 4 is 16.7 Å². The van der Waals surface area contributed by atoms with Crippen molar-refractivity contribution in [2.45, 2.75) is 18.9 Å². The van der Waals surface area contributed by atoms with Crippen molar-refractivity contribution < 1.29 is 5.11 Å². The van der Waals surface area contributed by atoms with E-state index in [2.05, 4.69) is 50.5 Å². The van der Waals surface area contributed by atoms with Crippen LogP contribution in [-0.2, 0) is 12.8 Å². The number of phenols is 1. The molecule has 4 rings (SSSR count). The second-order valence-electron chi connectivity index (χ2n) is 8.32. The van der Waals surface area contributed by atoms with Crippen LogP contribution in [0.1, 0.15) is 16.8 Å². The van der Waals surface area contributed by atoms with Gasteiger partial charge in [-0.2, -0.15) is 4.98 Å². The maximum Gasteiger partial charge on any atom is 0.274 e. The highest BCUT2D eigenvalue weighted by Gasteiger charge is 2.13. The van der Waals surface area contributed by atoms with Crippen molar-refractivity contribution in [1.29, 1.82) is 0 Å². The molecule has 0 fully saturated rings. The van der Waals surface area contributed by atoms with E-state index < -0.39 is 0 Å². The molecule has 0 aliphatic rings. The maximum atomic E-state index is 12.2. The summed E-state index contributed by atoms with van der Waals surface area (Å²) < 4.78 is 0. The van der Waals surface area contributed by atoms with Crippen molar-refractivity contribution in [2.24, 2.45) is 0 Å². The van der Waals surface area contributed by atoms with Gasteiger partial charge in [0.05, 0.1) is 0 Å². The zero-order chi connectivity index (χ0) is 22.5. The lowest BCUT2D eigenvalue weighted by molar-refractivity contribution is 0.303. The van der Waals surface area contributed by atoms with Crippen LogP contribution in [0, 0.1) is 0 Å². The van der Waals surface area contributed by atoms with Crippen LogP contribution in [0.5, 0.6) is 5.75 Å². The summed E-state index contributed by atoms with van der Waals surface area (Å²) in [6.07, 6.45) is 1.43. The number of likely N-dealkylation sites (N-methyl/N-ethyl adjacent to an activating group) is 1. The largest absolute Gasteiger partial charge is 0.508 e. The van der Waals surface area contributed by atoms with Gasteiger partial charge in [-0.05, 0) is 54.5 Å². The van der Waals surface area contributed by atoms with Crippen LogP contribution in [0.15, 0.2) is 77.6 Å². The minimum Gasteiger partial charge on any atom is -0.508 e. The molecule has 0 saturated carbocycles. The molecule has 32 heavy (non-hydrogen) atoms. The lowest BCUT2D eigenvalue weighted by atomic mass is 10.0. The van der Waals surface area contributed by atoms with Gasteiger partial charge in [-0.1, -0.05) is 54.6 Å². The van der Waals surface area contributed by atoms with E-state index in [4.69, 9.17) is 0 Å². The number of hydrogen-bond acceptors (Lipinski definition) is 5. The number of anilines is 1. The summed E-state index contributed by atoms with van der Waals surface area (Å²) in [7, 11) is 4.05. The number of fused-ring (bicyclic) bond motifs is 1. The van der Waals surface area contributed by atoms with Gasteiger partial charge in [0.15, 0.2) is 0 Å². The molecule has 0 spiro atoms. The first-order valence-corrected chi connectivity index (χ1v) is 10.7. The molecule has 0 radical (unpaired) electrons. The number of H-pyrrole nitrogens is 1. The Labute approximate surface area is 187 Å². The molecule has 0 saturated heterocycles. The molecule has 0 aliphatic heterocycles. The molecule has 6 nitrogen and oxygen atoms in total. The summed E-state index contributed by atoms with van der Waals surface area (Å²) in [5, 5.41) is 15.2. The minimum atomic E-state index is -0.262. The lowest BCUT2D eigenvalue weighted by Gasteiger charge is -2.25. The van der Waals surface area contributed by atoms with Gasteiger partial charge in [-0.3, -0.25) is 4.79 Å². The van der Waals surface area contributed by atoms with Gasteiger partial charge < -0.3 is 20.3 Å². The second kappa shape index (κ2) is 9.66. The molecule has 6 heteroatoms. The number of aromatic hydroxyl groups is 1. The topological polar surface area (TPSA) is 81.2 Å². The zero-order valence-electron chi connectivity index (χ0n) is 18.4. The molecular weight excluding hydrogens is 400 g/mol. The maximum absolute atomic E-state index is 12.2. The van der Waals surface area contributed by atoms with Crippen molar-refractivity contribution in [3.63, 3.8) is 0 Å². The Hall–Kier alpha value is -3.64. The van der Waals surface area contributed by atoms with E-state index in [0.717, 1.165) is 23.2 Å². The first-order chi connectivity index (χ1) is 15.5. The number of rotatable bonds is 8. The highest BCUT2D eigenvalue weighted by molar-refractivity contribution is 5.83. The van der Waals surface area contributed by atoms with Gasteiger partial charge >= 0.3 is 0 Å². The summed E-state index contributed by atoms with van der Waals surface area (Å²) in [4.78, 5) is 21.7. The molecule has 0 unspecified atom stereocenters. The number of hydrogen-bond donors (Lipinski definition) is 3. The van der Waals surface area contributed by atoms with Crippen LogP contribution in [0.3, 0.4) is 0 Å². The summed E-state index contributed by atoms with van der Waals surface area (Å²) in [5.74, 6) is 0.740. The van der Waals surface area contributed by atoms with E-state index in [1.54, 1.807) is 18.2 Å². The van der Waals surface area contributed by atoms with Crippen LogP contribution in [-0.4, -0.2) is 46.7 Å². The average molecular weight is 429 g/mol. The van der Waals surface area contributed by atoms with Crippen LogP contribution in [0.2, 0.25) is 0 Å². The Morgan fingerprint density at radius 2 is 1.69 bits per heavy atom. The predicted molar refractivity (Wildman–Crippen MR) is 129 cm³/mol. The number of nitrogens with one attached hydrogen (secondary N) is 2. The molecule has 3 aromatic carbocycles. The normalized spacial score (nSPS) is 12.2. The number of nitrogens with zero attached hydrogens (tertiary/aromatic N) is 2. The second-order valence-corrected chi connectivity index (χ2v) is 8.32. The van der Waals surface area contributed by atoms with E-state index in [0.29, 0.717) is 18.9 Å². The molecular formula is C26H28N4O2. The predicted octanol–water partition coefficient (Wildman–Crippen LogP) is 3.80. The fourth-order valence-electron chi connectivity index (χ4n) is 3.81. The molecule has 4 aromatic rings. The SMILES string of the molecule is CN(C)[C@@H](CNc1nc(=O)cc(Cc2ccc3ccccc3c2)[nH]1)Cc1ccc(O)cc1. The smallest absolute Gasteiger partial charge is 0.274 e. The third kappa shape index (κ3) is 5.53. The lowest BCUT2D eigenvalue weighted by Crippen LogP contribution is -2.37. The van der Waals surface area contributed by atoms with Crippen molar-refractivity contribution in [3.05, 3.63) is 100.0 Å². The molecule has 0 amide bonds.